The molecule has 0 aromatic heterocycles. The molecule has 76 heavy (non-hydrogen) atoms. The Morgan fingerprint density at radius 3 is 1.00 bits per heavy atom. The van der Waals surface area contributed by atoms with E-state index in [2.05, 4.69) is 5.32 Å². The van der Waals surface area contributed by atoms with Gasteiger partial charge in [0.05, 0.1) is 59.5 Å². The molecule has 0 aliphatic carbocycles. The van der Waals surface area contributed by atoms with Crippen LogP contribution in [0.1, 0.15) is 38.9 Å². The van der Waals surface area contributed by atoms with Crippen LogP contribution < -0.4 is 5.32 Å². The zero-order valence-corrected chi connectivity index (χ0v) is 42.7. The fraction of sp³-hybridized carbons (Fsp3) is 0.317. The van der Waals surface area contributed by atoms with E-state index in [-0.39, 0.29) is 46.2 Å². The molecule has 1 amide bonds. The number of carbonyl (C=O) groups excluding carboxylic acids is 1. The van der Waals surface area contributed by atoms with Crippen LogP contribution in [-0.4, -0.2) is 87.8 Å². The van der Waals surface area contributed by atoms with Gasteiger partial charge in [0, 0.05) is 7.11 Å². The fourth-order valence-corrected chi connectivity index (χ4v) is 9.30. The molecule has 7 aromatic carbocycles. The molecule has 0 radical (unpaired) electrons. The average molecular weight is 1030 g/mol. The molecule has 9 rings (SSSR count). The van der Waals surface area contributed by atoms with Crippen molar-refractivity contribution in [3.8, 4) is 0 Å². The maximum absolute atomic E-state index is 15.0. The van der Waals surface area contributed by atoms with E-state index in [1.54, 1.807) is 0 Å². The van der Waals surface area contributed by atoms with E-state index in [9.17, 15) is 4.79 Å². The van der Waals surface area contributed by atoms with Gasteiger partial charge in [-0.3, -0.25) is 5.32 Å². The molecular weight excluding hydrogens is 963 g/mol. The van der Waals surface area contributed by atoms with E-state index in [4.69, 9.17) is 52.1 Å². The summed E-state index contributed by atoms with van der Waals surface area (Å²) in [5, 5.41) is 3.06. The highest BCUT2D eigenvalue weighted by Crippen LogP contribution is 2.33. The van der Waals surface area contributed by atoms with Gasteiger partial charge in [0.25, 0.3) is 0 Å². The van der Waals surface area contributed by atoms with Gasteiger partial charge in [-0.05, 0) is 38.9 Å². The summed E-state index contributed by atoms with van der Waals surface area (Å²) >= 11 is 0. The first kappa shape index (κ1) is 54.2. The number of hydrogen-bond acceptors (Lipinski definition) is 12. The van der Waals surface area contributed by atoms with E-state index in [0.717, 1.165) is 38.9 Å². The zero-order valence-electron chi connectivity index (χ0n) is 42.7. The lowest BCUT2D eigenvalue weighted by atomic mass is 9.96. The second-order valence-corrected chi connectivity index (χ2v) is 18.7. The van der Waals surface area contributed by atoms with Crippen LogP contribution in [0.2, 0.25) is 0 Å². The molecule has 0 spiro atoms. The first-order valence-corrected chi connectivity index (χ1v) is 25.9. The normalized spacial score (nSPS) is 23.4. The van der Waals surface area contributed by atoms with E-state index in [0.29, 0.717) is 13.2 Å². The molecule has 1 N–H and O–H groups in total. The molecule has 2 aliphatic heterocycles. The summed E-state index contributed by atoms with van der Waals surface area (Å²) in [5.41, 5.74) is 6.64. The Hall–Kier alpha value is -6.59. The van der Waals surface area contributed by atoms with E-state index in [1.165, 1.54) is 7.11 Å². The van der Waals surface area contributed by atoms with Crippen molar-refractivity contribution < 1.29 is 56.9 Å². The third-order valence-corrected chi connectivity index (χ3v) is 13.2. The summed E-state index contributed by atoms with van der Waals surface area (Å²) in [7, 11) is 1.50. The van der Waals surface area contributed by atoms with Crippen LogP contribution in [0.15, 0.2) is 212 Å². The highest BCUT2D eigenvalue weighted by molar-refractivity contribution is 5.68. The van der Waals surface area contributed by atoms with Gasteiger partial charge in [-0.1, -0.05) is 212 Å². The second-order valence-electron chi connectivity index (χ2n) is 18.7. The summed E-state index contributed by atoms with van der Waals surface area (Å²) in [5.74, 6) is 0. The van der Waals surface area contributed by atoms with Crippen molar-refractivity contribution in [3.63, 3.8) is 0 Å². The maximum Gasteiger partial charge on any atom is 0.409 e. The smallest absolute Gasteiger partial charge is 0.409 e. The van der Waals surface area contributed by atoms with Crippen LogP contribution in [0.4, 0.5) is 4.79 Å². The molecule has 2 heterocycles. The van der Waals surface area contributed by atoms with E-state index < -0.39 is 67.4 Å². The molecule has 2 aliphatic rings. The lowest BCUT2D eigenvalue weighted by Crippen LogP contribution is -2.66. The zero-order chi connectivity index (χ0) is 52.0. The first-order valence-electron chi connectivity index (χ1n) is 25.9. The number of benzene rings is 7. The number of ether oxygens (including phenoxy) is 11. The number of carbonyl (C=O) groups is 1. The highest BCUT2D eigenvalue weighted by atomic mass is 16.7. The summed E-state index contributed by atoms with van der Waals surface area (Å²) in [6.45, 7) is 1.87. The van der Waals surface area contributed by atoms with Crippen LogP contribution in [0.3, 0.4) is 0 Å². The highest BCUT2D eigenvalue weighted by Gasteiger charge is 2.52. The lowest BCUT2D eigenvalue weighted by molar-refractivity contribution is -0.313. The van der Waals surface area contributed by atoms with Gasteiger partial charge in [-0.25, -0.2) is 4.79 Å². The van der Waals surface area contributed by atoms with Gasteiger partial charge in [-0.15, -0.1) is 0 Å². The third kappa shape index (κ3) is 16.0. The topological polar surface area (TPSA) is 131 Å². The fourth-order valence-electron chi connectivity index (χ4n) is 9.30. The molecule has 2 fully saturated rings. The molecule has 10 atom stereocenters. The van der Waals surface area contributed by atoms with Crippen LogP contribution >= 0.6 is 0 Å². The number of methoxy groups -OCH3 is 1. The number of hydrogen-bond donors (Lipinski definition) is 1. The number of alkyl carbamates (subject to hydrolysis) is 1. The molecule has 0 unspecified atom stereocenters. The van der Waals surface area contributed by atoms with E-state index in [1.807, 2.05) is 212 Å². The van der Waals surface area contributed by atoms with Gasteiger partial charge in [0.2, 0.25) is 0 Å². The molecular formula is C63H67NO12. The standard InChI is InChI=1S/C63H67NO12/c1-66-62-60(58(72-42-51-33-19-7-20-34-51)56(70-40-49-29-15-5-16-30-49)54(75-62)45-68-38-47-25-11-3-12-26-47)76-63(65)64-61-59(73-43-52-35-21-8-22-36-52)57(71-41-50-31-17-6-18-32-50)55(69-39-48-27-13-4-14-28-48)53(74-61)44-67-37-46-23-9-2-10-24-46/h2-36,53-62H,37-45H2,1H3,(H,64,65)/t53-,54-,55-,56-,57+,58+,59-,60-,61+,62-/m1/s1. The van der Waals surface area contributed by atoms with Gasteiger partial charge in [0.1, 0.15) is 42.7 Å². The number of amides is 1. The maximum atomic E-state index is 15.0. The predicted molar refractivity (Wildman–Crippen MR) is 285 cm³/mol. The molecule has 7 aromatic rings. The molecule has 2 saturated heterocycles. The Morgan fingerprint density at radius 1 is 0.368 bits per heavy atom. The predicted octanol–water partition coefficient (Wildman–Crippen LogP) is 10.5. The number of rotatable bonds is 26. The van der Waals surface area contributed by atoms with Gasteiger partial charge in [-0.2, -0.15) is 0 Å². The van der Waals surface area contributed by atoms with Crippen molar-refractivity contribution in [2.75, 3.05) is 20.3 Å². The third-order valence-electron chi connectivity index (χ3n) is 13.2. The minimum Gasteiger partial charge on any atom is -0.438 e. The Bertz CT molecular complexity index is 2700. The monoisotopic (exact) mass is 1030 g/mol. The summed E-state index contributed by atoms with van der Waals surface area (Å²) in [6.07, 6.45) is -9.97. The van der Waals surface area contributed by atoms with Gasteiger partial charge in [0.15, 0.2) is 18.6 Å². The largest absolute Gasteiger partial charge is 0.438 e. The van der Waals surface area contributed by atoms with Crippen LogP contribution in [0, 0.1) is 0 Å². The molecule has 0 bridgehead atoms. The quantitative estimate of drug-likeness (QED) is 0.0554. The van der Waals surface area contributed by atoms with Gasteiger partial charge >= 0.3 is 6.09 Å². The van der Waals surface area contributed by atoms with Crippen molar-refractivity contribution in [1.29, 1.82) is 0 Å². The average Bonchev–Trinajstić information content (AvgIpc) is 3.48. The van der Waals surface area contributed by atoms with Crippen molar-refractivity contribution in [1.82, 2.24) is 5.32 Å². The summed E-state index contributed by atoms with van der Waals surface area (Å²) < 4.78 is 73.1. The molecule has 13 nitrogen and oxygen atoms in total. The minimum absolute atomic E-state index is 0.0873. The van der Waals surface area contributed by atoms with Crippen LogP contribution in [-0.2, 0) is 98.4 Å². The lowest BCUT2D eigenvalue weighted by Gasteiger charge is -2.47. The molecule has 0 saturated carbocycles. The van der Waals surface area contributed by atoms with Crippen molar-refractivity contribution in [2.24, 2.45) is 0 Å². The Kier molecular flexibility index (Phi) is 20.7. The van der Waals surface area contributed by atoms with Crippen molar-refractivity contribution in [2.45, 2.75) is 108 Å². The Morgan fingerprint density at radius 2 is 0.658 bits per heavy atom. The molecule has 396 valence electrons. The summed E-state index contributed by atoms with van der Waals surface area (Å²) in [6, 6.07) is 69.0. The van der Waals surface area contributed by atoms with E-state index >= 15 is 0 Å². The second kappa shape index (κ2) is 29.1. The SMILES string of the molecule is CO[C@@H]1O[C@H](COCc2ccccc2)[C@@H](OCc2ccccc2)[C@H](OCc2ccccc2)[C@H]1OC(=O)N[C@H]1O[C@H](COCc2ccccc2)[C@@H](OCc2ccccc2)[C@H](OCc2ccccc2)[C@H]1OCc1ccccc1. The van der Waals surface area contributed by atoms with Crippen LogP contribution in [0.5, 0.6) is 0 Å². The Balaban J connectivity index is 1.03. The minimum atomic E-state index is -1.16. The van der Waals surface area contributed by atoms with Crippen LogP contribution in [0.25, 0.3) is 0 Å². The Labute approximate surface area is 445 Å². The summed E-state index contributed by atoms with van der Waals surface area (Å²) in [4.78, 5) is 15.0. The number of nitrogens with one attached hydrogen (secondary N) is 1. The first-order chi connectivity index (χ1) is 37.6. The van der Waals surface area contributed by atoms with Crippen molar-refractivity contribution in [3.05, 3.63) is 251 Å². The van der Waals surface area contributed by atoms with Gasteiger partial charge < -0.3 is 52.1 Å². The molecule has 13 heteroatoms. The van der Waals surface area contributed by atoms with Crippen molar-refractivity contribution >= 4 is 6.09 Å².